The Morgan fingerprint density at radius 2 is 1.94 bits per heavy atom. The van der Waals surface area contributed by atoms with E-state index in [1.807, 2.05) is 31.3 Å². The molecule has 1 aromatic carbocycles. The highest BCUT2D eigenvalue weighted by molar-refractivity contribution is 9.10. The Balaban J connectivity index is 1.94. The maximum absolute atomic E-state index is 12.2. The third-order valence-corrected chi connectivity index (χ3v) is 4.00. The Bertz CT molecular complexity index is 412. The zero-order valence-electron chi connectivity index (χ0n) is 10.6. The van der Waals surface area contributed by atoms with Crippen molar-refractivity contribution < 1.29 is 4.79 Å². The summed E-state index contributed by atoms with van der Waals surface area (Å²) in [5.41, 5.74) is 0.886. The highest BCUT2D eigenvalue weighted by Crippen LogP contribution is 2.48. The van der Waals surface area contributed by atoms with Crippen molar-refractivity contribution in [1.29, 1.82) is 0 Å². The Labute approximate surface area is 116 Å². The predicted molar refractivity (Wildman–Crippen MR) is 76.6 cm³/mol. The number of benzene rings is 1. The quantitative estimate of drug-likeness (QED) is 0.791. The van der Waals surface area contributed by atoms with Crippen LogP contribution in [0.3, 0.4) is 0 Å². The molecule has 1 aliphatic rings. The number of hydrogen-bond donors (Lipinski definition) is 2. The molecule has 0 heterocycles. The SMILES string of the molecule is CNCCCNC(=O)C1(c2ccc(Br)cc2)CC1. The lowest BCUT2D eigenvalue weighted by atomic mass is 9.95. The molecule has 1 aliphatic carbocycles. The summed E-state index contributed by atoms with van der Waals surface area (Å²) in [4.78, 5) is 12.2. The number of carbonyl (C=O) groups excluding carboxylic acids is 1. The molecule has 0 saturated heterocycles. The molecule has 3 nitrogen and oxygen atoms in total. The molecule has 1 fully saturated rings. The van der Waals surface area contributed by atoms with Gasteiger partial charge in [-0.25, -0.2) is 0 Å². The number of rotatable bonds is 6. The number of halogens is 1. The van der Waals surface area contributed by atoms with Crippen molar-refractivity contribution in [1.82, 2.24) is 10.6 Å². The van der Waals surface area contributed by atoms with E-state index in [2.05, 4.69) is 26.6 Å². The van der Waals surface area contributed by atoms with Crippen LogP contribution in [-0.2, 0) is 10.2 Å². The monoisotopic (exact) mass is 310 g/mol. The van der Waals surface area contributed by atoms with Crippen molar-refractivity contribution in [3.05, 3.63) is 34.3 Å². The highest BCUT2D eigenvalue weighted by Gasteiger charge is 2.50. The molecule has 0 aliphatic heterocycles. The minimum absolute atomic E-state index is 0.181. The van der Waals surface area contributed by atoms with Crippen LogP contribution in [0, 0.1) is 0 Å². The van der Waals surface area contributed by atoms with E-state index in [0.717, 1.165) is 42.4 Å². The summed E-state index contributed by atoms with van der Waals surface area (Å²) in [5, 5.41) is 6.12. The van der Waals surface area contributed by atoms with Gasteiger partial charge in [0.2, 0.25) is 5.91 Å². The summed E-state index contributed by atoms with van der Waals surface area (Å²) in [7, 11) is 1.92. The molecule has 0 unspecified atom stereocenters. The number of hydrogen-bond acceptors (Lipinski definition) is 2. The smallest absolute Gasteiger partial charge is 0.230 e. The molecule has 0 radical (unpaired) electrons. The van der Waals surface area contributed by atoms with Crippen LogP contribution < -0.4 is 10.6 Å². The zero-order chi connectivity index (χ0) is 13.0. The minimum Gasteiger partial charge on any atom is -0.355 e. The van der Waals surface area contributed by atoms with Gasteiger partial charge in [-0.3, -0.25) is 4.79 Å². The molecule has 98 valence electrons. The van der Waals surface area contributed by atoms with Crippen molar-refractivity contribution in [2.45, 2.75) is 24.7 Å². The van der Waals surface area contributed by atoms with E-state index in [0.29, 0.717) is 0 Å². The number of amides is 1. The zero-order valence-corrected chi connectivity index (χ0v) is 12.2. The maximum atomic E-state index is 12.2. The van der Waals surface area contributed by atoms with Gasteiger partial charge in [-0.15, -0.1) is 0 Å². The van der Waals surface area contributed by atoms with Gasteiger partial charge in [0.1, 0.15) is 0 Å². The Morgan fingerprint density at radius 1 is 1.28 bits per heavy atom. The van der Waals surface area contributed by atoms with Crippen LogP contribution in [0.5, 0.6) is 0 Å². The fourth-order valence-corrected chi connectivity index (χ4v) is 2.44. The summed E-state index contributed by atoms with van der Waals surface area (Å²) < 4.78 is 1.05. The first kappa shape index (κ1) is 13.6. The van der Waals surface area contributed by atoms with Crippen LogP contribution in [0.15, 0.2) is 28.7 Å². The summed E-state index contributed by atoms with van der Waals surface area (Å²) in [5.74, 6) is 0.181. The highest BCUT2D eigenvalue weighted by atomic mass is 79.9. The summed E-state index contributed by atoms with van der Waals surface area (Å²) >= 11 is 3.42. The normalized spacial score (nSPS) is 16.3. The first-order valence-electron chi connectivity index (χ1n) is 6.38. The summed E-state index contributed by atoms with van der Waals surface area (Å²) in [6, 6.07) is 8.10. The lowest BCUT2D eigenvalue weighted by Crippen LogP contribution is -2.36. The van der Waals surface area contributed by atoms with Gasteiger partial charge in [0, 0.05) is 11.0 Å². The van der Waals surface area contributed by atoms with Crippen LogP contribution in [0.25, 0.3) is 0 Å². The van der Waals surface area contributed by atoms with Gasteiger partial charge in [0.05, 0.1) is 5.41 Å². The van der Waals surface area contributed by atoms with Gasteiger partial charge in [-0.2, -0.15) is 0 Å². The lowest BCUT2D eigenvalue weighted by Gasteiger charge is -2.15. The van der Waals surface area contributed by atoms with E-state index >= 15 is 0 Å². The second kappa shape index (κ2) is 5.85. The molecule has 1 saturated carbocycles. The van der Waals surface area contributed by atoms with Crippen LogP contribution in [0.2, 0.25) is 0 Å². The first-order chi connectivity index (χ1) is 8.69. The fourth-order valence-electron chi connectivity index (χ4n) is 2.18. The number of carbonyl (C=O) groups is 1. The Hall–Kier alpha value is -0.870. The van der Waals surface area contributed by atoms with Crippen molar-refractivity contribution in [2.24, 2.45) is 0 Å². The molecule has 0 aromatic heterocycles. The van der Waals surface area contributed by atoms with Crippen LogP contribution in [0.1, 0.15) is 24.8 Å². The molecule has 18 heavy (non-hydrogen) atoms. The van der Waals surface area contributed by atoms with Gasteiger partial charge in [0.15, 0.2) is 0 Å². The maximum Gasteiger partial charge on any atom is 0.230 e. The van der Waals surface area contributed by atoms with Crippen molar-refractivity contribution in [3.8, 4) is 0 Å². The molecule has 1 aromatic rings. The van der Waals surface area contributed by atoms with Crippen LogP contribution >= 0.6 is 15.9 Å². The van der Waals surface area contributed by atoms with Gasteiger partial charge in [-0.1, -0.05) is 28.1 Å². The van der Waals surface area contributed by atoms with E-state index < -0.39 is 0 Å². The molecule has 0 atom stereocenters. The molecule has 2 rings (SSSR count). The Morgan fingerprint density at radius 3 is 2.50 bits per heavy atom. The second-order valence-corrected chi connectivity index (χ2v) is 5.72. The fraction of sp³-hybridized carbons (Fsp3) is 0.500. The Kier molecular flexibility index (Phi) is 4.40. The van der Waals surface area contributed by atoms with Crippen molar-refractivity contribution >= 4 is 21.8 Å². The molecule has 2 N–H and O–H groups in total. The molecular weight excluding hydrogens is 292 g/mol. The van der Waals surface area contributed by atoms with E-state index in [4.69, 9.17) is 0 Å². The first-order valence-corrected chi connectivity index (χ1v) is 7.17. The third kappa shape index (κ3) is 2.93. The van der Waals surface area contributed by atoms with Gasteiger partial charge in [-0.05, 0) is 50.6 Å². The third-order valence-electron chi connectivity index (χ3n) is 3.47. The van der Waals surface area contributed by atoms with Gasteiger partial charge >= 0.3 is 0 Å². The van der Waals surface area contributed by atoms with Crippen LogP contribution in [-0.4, -0.2) is 26.0 Å². The van der Waals surface area contributed by atoms with Crippen LogP contribution in [0.4, 0.5) is 0 Å². The summed E-state index contributed by atoms with van der Waals surface area (Å²) in [6.07, 6.45) is 2.90. The van der Waals surface area contributed by atoms with E-state index in [9.17, 15) is 4.79 Å². The molecule has 0 spiro atoms. The average molecular weight is 311 g/mol. The molecule has 4 heteroatoms. The van der Waals surface area contributed by atoms with Gasteiger partial charge in [0.25, 0.3) is 0 Å². The average Bonchev–Trinajstić information content (AvgIpc) is 3.17. The predicted octanol–water partition coefficient (Wildman–Crippen LogP) is 2.21. The molecular formula is C14H19BrN2O. The van der Waals surface area contributed by atoms with Crippen molar-refractivity contribution in [2.75, 3.05) is 20.1 Å². The number of nitrogens with one attached hydrogen (secondary N) is 2. The lowest BCUT2D eigenvalue weighted by molar-refractivity contribution is -0.123. The van der Waals surface area contributed by atoms with E-state index in [1.54, 1.807) is 0 Å². The van der Waals surface area contributed by atoms with Crippen molar-refractivity contribution in [3.63, 3.8) is 0 Å². The minimum atomic E-state index is -0.250. The van der Waals surface area contributed by atoms with E-state index in [1.165, 1.54) is 0 Å². The molecule has 1 amide bonds. The molecule has 0 bridgehead atoms. The second-order valence-electron chi connectivity index (χ2n) is 4.80. The van der Waals surface area contributed by atoms with Gasteiger partial charge < -0.3 is 10.6 Å². The largest absolute Gasteiger partial charge is 0.355 e. The standard InChI is InChI=1S/C14H19BrN2O/c1-16-9-2-10-17-13(18)14(7-8-14)11-3-5-12(15)6-4-11/h3-6,16H,2,7-10H2,1H3,(H,17,18). The topological polar surface area (TPSA) is 41.1 Å². The van der Waals surface area contributed by atoms with E-state index in [-0.39, 0.29) is 11.3 Å². The summed E-state index contributed by atoms with van der Waals surface area (Å²) in [6.45, 7) is 1.68.